The lowest BCUT2D eigenvalue weighted by Gasteiger charge is -2.17. The quantitative estimate of drug-likeness (QED) is 0.856. The van der Waals surface area contributed by atoms with Crippen molar-refractivity contribution in [2.45, 2.75) is 13.5 Å². The lowest BCUT2D eigenvalue weighted by molar-refractivity contribution is 0.563. The van der Waals surface area contributed by atoms with Gasteiger partial charge < -0.3 is 15.1 Å². The van der Waals surface area contributed by atoms with Crippen LogP contribution in [0.15, 0.2) is 35.3 Å². The predicted molar refractivity (Wildman–Crippen MR) is 64.2 cm³/mol. The van der Waals surface area contributed by atoms with Crippen LogP contribution in [-0.2, 0) is 6.54 Å². The molecule has 2 aromatic rings. The van der Waals surface area contributed by atoms with Crippen molar-refractivity contribution in [2.24, 2.45) is 0 Å². The van der Waals surface area contributed by atoms with Crippen LogP contribution in [-0.4, -0.2) is 12.0 Å². The van der Waals surface area contributed by atoms with Crippen LogP contribution in [0, 0.1) is 6.92 Å². The minimum Gasteiger partial charge on any atom is -0.472 e. The molecule has 0 aromatic carbocycles. The second-order valence-corrected chi connectivity index (χ2v) is 3.89. The van der Waals surface area contributed by atoms with E-state index in [1.165, 1.54) is 0 Å². The number of anilines is 2. The van der Waals surface area contributed by atoms with E-state index < -0.39 is 0 Å². The molecule has 0 aliphatic heterocycles. The van der Waals surface area contributed by atoms with Gasteiger partial charge in [0.2, 0.25) is 0 Å². The minimum atomic E-state index is 0.756. The Balaban J connectivity index is 2.14. The topological polar surface area (TPSA) is 55.3 Å². The van der Waals surface area contributed by atoms with E-state index in [2.05, 4.69) is 4.98 Å². The Hall–Kier alpha value is -1.97. The average molecular weight is 217 g/mol. The SMILES string of the molecule is Cc1cnc(N(C)Cc2ccoc2)cc1N. The van der Waals surface area contributed by atoms with Crippen LogP contribution in [0.25, 0.3) is 0 Å². The normalized spacial score (nSPS) is 10.4. The Bertz CT molecular complexity index is 465. The standard InChI is InChI=1S/C12H15N3O/c1-9-6-14-12(5-11(9)13)15(2)7-10-3-4-16-8-10/h3-6,8H,7H2,1-2H3,(H2,13,14). The van der Waals surface area contributed by atoms with Crippen molar-refractivity contribution in [3.8, 4) is 0 Å². The number of nitrogens with two attached hydrogens (primary N) is 1. The second-order valence-electron chi connectivity index (χ2n) is 3.89. The monoisotopic (exact) mass is 217 g/mol. The molecular weight excluding hydrogens is 202 g/mol. The molecule has 2 N–H and O–H groups in total. The lowest BCUT2D eigenvalue weighted by Crippen LogP contribution is -2.17. The van der Waals surface area contributed by atoms with E-state index in [0.717, 1.165) is 29.2 Å². The van der Waals surface area contributed by atoms with Crippen molar-refractivity contribution in [3.05, 3.63) is 42.0 Å². The van der Waals surface area contributed by atoms with Gasteiger partial charge in [0, 0.05) is 37.1 Å². The minimum absolute atomic E-state index is 0.756. The van der Waals surface area contributed by atoms with E-state index in [0.29, 0.717) is 0 Å². The summed E-state index contributed by atoms with van der Waals surface area (Å²) in [5, 5.41) is 0. The van der Waals surface area contributed by atoms with Crippen LogP contribution in [0.2, 0.25) is 0 Å². The Morgan fingerprint density at radius 3 is 2.94 bits per heavy atom. The molecule has 4 nitrogen and oxygen atoms in total. The molecule has 0 bridgehead atoms. The molecule has 0 spiro atoms. The summed E-state index contributed by atoms with van der Waals surface area (Å²) in [5.41, 5.74) is 8.73. The van der Waals surface area contributed by atoms with Gasteiger partial charge in [0.05, 0.1) is 12.5 Å². The van der Waals surface area contributed by atoms with E-state index in [1.54, 1.807) is 18.7 Å². The Kier molecular flexibility index (Phi) is 2.81. The average Bonchev–Trinajstić information content (AvgIpc) is 2.74. The largest absolute Gasteiger partial charge is 0.472 e. The molecule has 2 aromatic heterocycles. The van der Waals surface area contributed by atoms with E-state index in [9.17, 15) is 0 Å². The van der Waals surface area contributed by atoms with Crippen molar-refractivity contribution in [1.29, 1.82) is 0 Å². The molecule has 0 amide bonds. The van der Waals surface area contributed by atoms with Crippen molar-refractivity contribution < 1.29 is 4.42 Å². The number of pyridine rings is 1. The summed E-state index contributed by atoms with van der Waals surface area (Å²) in [5.74, 6) is 0.865. The summed E-state index contributed by atoms with van der Waals surface area (Å²) in [6, 6.07) is 3.82. The molecule has 0 saturated heterocycles. The number of hydrogen-bond acceptors (Lipinski definition) is 4. The fourth-order valence-corrected chi connectivity index (χ4v) is 1.47. The van der Waals surface area contributed by atoms with Gasteiger partial charge in [0.25, 0.3) is 0 Å². The van der Waals surface area contributed by atoms with E-state index in [-0.39, 0.29) is 0 Å². The number of aryl methyl sites for hydroxylation is 1. The third-order valence-electron chi connectivity index (χ3n) is 2.52. The molecule has 0 atom stereocenters. The Labute approximate surface area is 94.7 Å². The van der Waals surface area contributed by atoms with Crippen LogP contribution < -0.4 is 10.6 Å². The van der Waals surface area contributed by atoms with Gasteiger partial charge in [-0.15, -0.1) is 0 Å². The molecule has 0 radical (unpaired) electrons. The molecule has 2 heterocycles. The third kappa shape index (κ3) is 2.16. The number of nitrogen functional groups attached to an aromatic ring is 1. The molecular formula is C12H15N3O. The van der Waals surface area contributed by atoms with E-state index >= 15 is 0 Å². The first-order chi connectivity index (χ1) is 7.66. The molecule has 16 heavy (non-hydrogen) atoms. The van der Waals surface area contributed by atoms with Crippen LogP contribution in [0.3, 0.4) is 0 Å². The summed E-state index contributed by atoms with van der Waals surface area (Å²) in [6.45, 7) is 2.70. The summed E-state index contributed by atoms with van der Waals surface area (Å²) >= 11 is 0. The molecule has 84 valence electrons. The highest BCUT2D eigenvalue weighted by atomic mass is 16.3. The Morgan fingerprint density at radius 1 is 1.50 bits per heavy atom. The first-order valence-electron chi connectivity index (χ1n) is 5.11. The van der Waals surface area contributed by atoms with Crippen LogP contribution >= 0.6 is 0 Å². The first kappa shape index (κ1) is 10.5. The molecule has 0 fully saturated rings. The highest BCUT2D eigenvalue weighted by Gasteiger charge is 2.05. The van der Waals surface area contributed by atoms with Gasteiger partial charge in [-0.05, 0) is 18.6 Å². The number of nitrogens with zero attached hydrogens (tertiary/aromatic N) is 2. The summed E-state index contributed by atoms with van der Waals surface area (Å²) < 4.78 is 5.02. The van der Waals surface area contributed by atoms with Crippen molar-refractivity contribution in [2.75, 3.05) is 17.7 Å². The lowest BCUT2D eigenvalue weighted by atomic mass is 10.2. The zero-order valence-corrected chi connectivity index (χ0v) is 9.47. The predicted octanol–water partition coefficient (Wildman–Crippen LogP) is 2.20. The molecule has 2 rings (SSSR count). The number of hydrogen-bond donors (Lipinski definition) is 1. The highest BCUT2D eigenvalue weighted by molar-refractivity contribution is 5.54. The summed E-state index contributed by atoms with van der Waals surface area (Å²) in [4.78, 5) is 6.36. The number of rotatable bonds is 3. The maximum Gasteiger partial charge on any atom is 0.130 e. The van der Waals surface area contributed by atoms with E-state index in [4.69, 9.17) is 10.2 Å². The van der Waals surface area contributed by atoms with Gasteiger partial charge in [-0.25, -0.2) is 4.98 Å². The summed E-state index contributed by atoms with van der Waals surface area (Å²) in [6.07, 6.45) is 5.19. The van der Waals surface area contributed by atoms with Gasteiger partial charge >= 0.3 is 0 Å². The first-order valence-corrected chi connectivity index (χ1v) is 5.11. The fourth-order valence-electron chi connectivity index (χ4n) is 1.47. The van der Waals surface area contributed by atoms with Crippen molar-refractivity contribution in [3.63, 3.8) is 0 Å². The molecule has 0 aliphatic carbocycles. The van der Waals surface area contributed by atoms with Crippen LogP contribution in [0.5, 0.6) is 0 Å². The molecule has 0 saturated carbocycles. The summed E-state index contributed by atoms with van der Waals surface area (Å²) in [7, 11) is 1.98. The van der Waals surface area contributed by atoms with Gasteiger partial charge in [0.1, 0.15) is 5.82 Å². The van der Waals surface area contributed by atoms with Gasteiger partial charge in [0.15, 0.2) is 0 Å². The van der Waals surface area contributed by atoms with Crippen LogP contribution in [0.1, 0.15) is 11.1 Å². The molecule has 4 heteroatoms. The van der Waals surface area contributed by atoms with Gasteiger partial charge in [-0.3, -0.25) is 0 Å². The Morgan fingerprint density at radius 2 is 2.31 bits per heavy atom. The number of furan rings is 1. The van der Waals surface area contributed by atoms with E-state index in [1.807, 2.05) is 31.0 Å². The fraction of sp³-hybridized carbons (Fsp3) is 0.250. The second kappa shape index (κ2) is 4.26. The van der Waals surface area contributed by atoms with Crippen molar-refractivity contribution >= 4 is 11.5 Å². The maximum atomic E-state index is 5.85. The van der Waals surface area contributed by atoms with Gasteiger partial charge in [-0.2, -0.15) is 0 Å². The highest BCUT2D eigenvalue weighted by Crippen LogP contribution is 2.18. The molecule has 0 aliphatic rings. The third-order valence-corrected chi connectivity index (χ3v) is 2.52. The zero-order valence-electron chi connectivity index (χ0n) is 9.47. The van der Waals surface area contributed by atoms with Gasteiger partial charge in [-0.1, -0.05) is 0 Å². The molecule has 0 unspecified atom stereocenters. The van der Waals surface area contributed by atoms with Crippen molar-refractivity contribution in [1.82, 2.24) is 4.98 Å². The number of aromatic nitrogens is 1. The maximum absolute atomic E-state index is 5.85. The zero-order chi connectivity index (χ0) is 11.5. The van der Waals surface area contributed by atoms with Crippen LogP contribution in [0.4, 0.5) is 11.5 Å². The smallest absolute Gasteiger partial charge is 0.130 e.